The van der Waals surface area contributed by atoms with Crippen LogP contribution < -0.4 is 9.64 Å². The number of nitrogens with zero attached hydrogens (tertiary/aromatic N) is 2. The van der Waals surface area contributed by atoms with Crippen LogP contribution in [0.5, 0.6) is 5.75 Å². The molecule has 1 aliphatic carbocycles. The van der Waals surface area contributed by atoms with E-state index in [0.29, 0.717) is 17.0 Å². The molecule has 1 saturated heterocycles. The van der Waals surface area contributed by atoms with Crippen molar-refractivity contribution in [3.8, 4) is 5.75 Å². The van der Waals surface area contributed by atoms with E-state index < -0.39 is 40.5 Å². The van der Waals surface area contributed by atoms with E-state index in [9.17, 15) is 14.7 Å². The highest BCUT2D eigenvalue weighted by molar-refractivity contribution is 6.30. The molecule has 2 unspecified atom stereocenters. The number of carbonyl (C=O) groups is 2. The molecule has 2 aromatic rings. The fraction of sp³-hybridized carbons (Fsp3) is 0.484. The summed E-state index contributed by atoms with van der Waals surface area (Å²) in [4.78, 5) is 30.4. The molecule has 1 saturated carbocycles. The van der Waals surface area contributed by atoms with Crippen molar-refractivity contribution in [3.05, 3.63) is 70.8 Å². The zero-order chi connectivity index (χ0) is 28.4. The molecule has 0 bridgehead atoms. The third-order valence-corrected chi connectivity index (χ3v) is 9.98. The molecular formula is C31H35ClN2O6. The van der Waals surface area contributed by atoms with Crippen LogP contribution in [0.2, 0.25) is 5.02 Å². The first-order valence-electron chi connectivity index (χ1n) is 13.8. The summed E-state index contributed by atoms with van der Waals surface area (Å²) in [7, 11) is 3.59. The smallest absolute Gasteiger partial charge is 0.338 e. The summed E-state index contributed by atoms with van der Waals surface area (Å²) in [6, 6.07) is 11.9. The van der Waals surface area contributed by atoms with Gasteiger partial charge in [0.25, 0.3) is 0 Å². The summed E-state index contributed by atoms with van der Waals surface area (Å²) >= 11 is 6.01. The lowest BCUT2D eigenvalue weighted by atomic mass is 9.48. The molecule has 3 aliphatic heterocycles. The zero-order valence-electron chi connectivity index (χ0n) is 23.2. The predicted molar refractivity (Wildman–Crippen MR) is 151 cm³/mol. The number of hydrogen-bond acceptors (Lipinski definition) is 8. The van der Waals surface area contributed by atoms with Crippen LogP contribution in [0.4, 0.5) is 5.69 Å². The van der Waals surface area contributed by atoms with Crippen LogP contribution in [0.1, 0.15) is 42.6 Å². The van der Waals surface area contributed by atoms with Crippen molar-refractivity contribution in [3.63, 3.8) is 0 Å². The van der Waals surface area contributed by atoms with Crippen LogP contribution in [-0.2, 0) is 19.7 Å². The van der Waals surface area contributed by atoms with Crippen LogP contribution in [0.15, 0.2) is 54.6 Å². The number of rotatable bonds is 6. The van der Waals surface area contributed by atoms with Crippen molar-refractivity contribution < 1.29 is 28.9 Å². The van der Waals surface area contributed by atoms with Crippen LogP contribution in [0, 0.1) is 5.41 Å². The summed E-state index contributed by atoms with van der Waals surface area (Å²) in [6.07, 6.45) is 4.72. The maximum Gasteiger partial charge on any atom is 0.338 e. The summed E-state index contributed by atoms with van der Waals surface area (Å²) in [5.41, 5.74) is -0.542. The lowest BCUT2D eigenvalue weighted by molar-refractivity contribution is -0.228. The van der Waals surface area contributed by atoms with E-state index in [2.05, 4.69) is 34.9 Å². The van der Waals surface area contributed by atoms with Gasteiger partial charge < -0.3 is 24.2 Å². The van der Waals surface area contributed by atoms with Crippen molar-refractivity contribution >= 4 is 29.2 Å². The van der Waals surface area contributed by atoms with Gasteiger partial charge in [-0.3, -0.25) is 9.69 Å². The van der Waals surface area contributed by atoms with Crippen molar-refractivity contribution in [2.24, 2.45) is 5.41 Å². The van der Waals surface area contributed by atoms with E-state index >= 15 is 0 Å². The lowest BCUT2D eigenvalue weighted by Gasteiger charge is -2.64. The number of methoxy groups -OCH3 is 1. The van der Waals surface area contributed by atoms with Gasteiger partial charge in [-0.25, -0.2) is 4.79 Å². The van der Waals surface area contributed by atoms with Crippen LogP contribution in [0.25, 0.3) is 0 Å². The predicted octanol–water partition coefficient (Wildman–Crippen LogP) is 3.98. The van der Waals surface area contributed by atoms with E-state index in [1.54, 1.807) is 31.4 Å². The molecule has 1 spiro atoms. The standard InChI is InChI=1S/C31H35ClN2O6/c1-5-29-13-6-15-34-16-14-30(26(29)34)23-12-11-22(38-4)17-24(23)33(3)27(30)31(37,28(29)40-19(2)35)18-39-25(36)20-7-9-21(32)10-8-20/h6-13,17,26-28,37H,5,14-16,18H2,1-4H3/t26?,27-,28-,29-,30-,31?/m1/s1. The summed E-state index contributed by atoms with van der Waals surface area (Å²) < 4.78 is 17.6. The number of esters is 2. The van der Waals surface area contributed by atoms with Crippen molar-refractivity contribution in [1.82, 2.24) is 4.90 Å². The van der Waals surface area contributed by atoms with Crippen molar-refractivity contribution in [2.45, 2.75) is 55.9 Å². The number of ether oxygens (including phenoxy) is 3. The second-order valence-corrected chi connectivity index (χ2v) is 12.0. The van der Waals surface area contributed by atoms with Crippen LogP contribution in [-0.4, -0.2) is 79.6 Å². The van der Waals surface area contributed by atoms with Gasteiger partial charge in [0.1, 0.15) is 18.5 Å². The van der Waals surface area contributed by atoms with Gasteiger partial charge in [-0.05, 0) is 55.3 Å². The average molecular weight is 567 g/mol. The Morgan fingerprint density at radius 3 is 2.58 bits per heavy atom. The number of fused-ring (bicyclic) bond motifs is 1. The molecule has 4 aliphatic rings. The van der Waals surface area contributed by atoms with Crippen molar-refractivity contribution in [2.75, 3.05) is 38.8 Å². The third kappa shape index (κ3) is 3.58. The fourth-order valence-electron chi connectivity index (χ4n) is 8.46. The van der Waals surface area contributed by atoms with Gasteiger partial charge in [0, 0.05) is 54.2 Å². The Balaban J connectivity index is 1.53. The highest BCUT2D eigenvalue weighted by Crippen LogP contribution is 2.67. The summed E-state index contributed by atoms with van der Waals surface area (Å²) in [5.74, 6) is -0.355. The molecule has 40 heavy (non-hydrogen) atoms. The molecule has 0 aromatic heterocycles. The Morgan fingerprint density at radius 2 is 1.90 bits per heavy atom. The molecule has 8 nitrogen and oxygen atoms in total. The van der Waals surface area contributed by atoms with Gasteiger partial charge in [-0.1, -0.05) is 36.7 Å². The Labute approximate surface area is 239 Å². The molecule has 2 fully saturated rings. The molecule has 9 heteroatoms. The maximum absolute atomic E-state index is 13.2. The van der Waals surface area contributed by atoms with Gasteiger partial charge in [-0.2, -0.15) is 0 Å². The fourth-order valence-corrected chi connectivity index (χ4v) is 8.59. The molecule has 3 heterocycles. The van der Waals surface area contributed by atoms with E-state index in [1.807, 2.05) is 19.2 Å². The first kappa shape index (κ1) is 27.1. The van der Waals surface area contributed by atoms with E-state index in [-0.39, 0.29) is 12.6 Å². The minimum absolute atomic E-state index is 0.0336. The molecule has 0 amide bonds. The largest absolute Gasteiger partial charge is 0.497 e. The number of benzene rings is 2. The van der Waals surface area contributed by atoms with Gasteiger partial charge in [0.15, 0.2) is 5.60 Å². The SMILES string of the molecule is CC[C@]12C=CCN3CC[C@@]4(c5ccc(OC)cc5N(C)[C@H]4C(O)(COC(=O)c4ccc(Cl)cc4)[C@@H]1OC(C)=O)C32. The number of aliphatic hydroxyl groups is 1. The Kier molecular flexibility index (Phi) is 6.44. The van der Waals surface area contributed by atoms with Crippen LogP contribution in [0.3, 0.4) is 0 Å². The highest BCUT2D eigenvalue weighted by atomic mass is 35.5. The maximum atomic E-state index is 13.2. The molecule has 6 atom stereocenters. The zero-order valence-corrected chi connectivity index (χ0v) is 24.0. The second-order valence-electron chi connectivity index (χ2n) is 11.5. The third-order valence-electron chi connectivity index (χ3n) is 9.73. The van der Waals surface area contributed by atoms with E-state index in [1.165, 1.54) is 6.92 Å². The van der Waals surface area contributed by atoms with Gasteiger partial charge in [0.05, 0.1) is 18.7 Å². The van der Waals surface area contributed by atoms with E-state index in [0.717, 1.165) is 36.5 Å². The quantitative estimate of drug-likeness (QED) is 0.415. The molecule has 0 radical (unpaired) electrons. The number of hydrogen-bond donors (Lipinski definition) is 1. The Bertz CT molecular complexity index is 1380. The van der Waals surface area contributed by atoms with Gasteiger partial charge in [0.2, 0.25) is 0 Å². The number of carbonyl (C=O) groups excluding carboxylic acids is 2. The number of likely N-dealkylation sites (N-methyl/N-ethyl adjacent to an activating group) is 1. The molecule has 6 rings (SSSR count). The second kappa shape index (κ2) is 9.50. The molecule has 2 aromatic carbocycles. The molecular weight excluding hydrogens is 532 g/mol. The Hall–Kier alpha value is -3.07. The topological polar surface area (TPSA) is 88.5 Å². The minimum atomic E-state index is -1.74. The molecule has 1 N–H and O–H groups in total. The van der Waals surface area contributed by atoms with Crippen molar-refractivity contribution in [1.29, 1.82) is 0 Å². The number of anilines is 1. The average Bonchev–Trinajstić information content (AvgIpc) is 3.46. The van der Waals surface area contributed by atoms with Crippen LogP contribution >= 0.6 is 11.6 Å². The first-order valence-corrected chi connectivity index (χ1v) is 14.2. The highest BCUT2D eigenvalue weighted by Gasteiger charge is 2.78. The lowest BCUT2D eigenvalue weighted by Crippen LogP contribution is -2.80. The van der Waals surface area contributed by atoms with Gasteiger partial charge >= 0.3 is 11.9 Å². The summed E-state index contributed by atoms with van der Waals surface area (Å²) in [5, 5.41) is 13.5. The monoisotopic (exact) mass is 566 g/mol. The number of halogens is 1. The van der Waals surface area contributed by atoms with E-state index in [4.69, 9.17) is 25.8 Å². The first-order chi connectivity index (χ1) is 19.1. The molecule has 212 valence electrons. The normalized spacial score (nSPS) is 33.6. The minimum Gasteiger partial charge on any atom is -0.497 e. The van der Waals surface area contributed by atoms with Gasteiger partial charge in [-0.15, -0.1) is 0 Å². The summed E-state index contributed by atoms with van der Waals surface area (Å²) in [6.45, 7) is 4.70. The Morgan fingerprint density at radius 1 is 1.15 bits per heavy atom.